The lowest BCUT2D eigenvalue weighted by atomic mass is 9.95. The molecule has 5 rings (SSSR count). The number of halogens is 1. The first-order valence-electron chi connectivity index (χ1n) is 11.2. The molecular weight excluding hydrogens is 544 g/mol. The highest BCUT2D eigenvalue weighted by Crippen LogP contribution is 2.45. The number of hydrogen-bond acceptors (Lipinski definition) is 7. The van der Waals surface area contributed by atoms with Crippen molar-refractivity contribution in [1.29, 1.82) is 0 Å². The van der Waals surface area contributed by atoms with Crippen molar-refractivity contribution in [2.75, 3.05) is 18.6 Å². The number of methoxy groups -OCH3 is 1. The predicted molar refractivity (Wildman–Crippen MR) is 143 cm³/mol. The molecule has 1 aromatic heterocycles. The van der Waals surface area contributed by atoms with Crippen LogP contribution in [-0.2, 0) is 9.59 Å². The van der Waals surface area contributed by atoms with Crippen molar-refractivity contribution in [3.63, 3.8) is 0 Å². The molecule has 0 unspecified atom stereocenters. The van der Waals surface area contributed by atoms with E-state index in [1.54, 1.807) is 31.4 Å². The standard InChI is InChI=1S/C27H21BrN2O5S/c1-3-35-19-11-12-20-21(14-19)36-27(29-20)30-23(16-5-4-6-17(28)13-16)22(25(32)26(30)33)24(31)15-7-9-18(34-2)10-8-15/h4-14,23,31H,3H2,1-2H3/b24-22+/t23-/m1/s1. The zero-order chi connectivity index (χ0) is 25.4. The summed E-state index contributed by atoms with van der Waals surface area (Å²) in [7, 11) is 1.54. The average Bonchev–Trinajstić information content (AvgIpc) is 3.41. The van der Waals surface area contributed by atoms with Crippen LogP contribution in [0.25, 0.3) is 16.0 Å². The monoisotopic (exact) mass is 564 g/mol. The van der Waals surface area contributed by atoms with Gasteiger partial charge >= 0.3 is 5.91 Å². The second-order valence-electron chi connectivity index (χ2n) is 8.01. The highest BCUT2D eigenvalue weighted by atomic mass is 79.9. The number of aliphatic hydroxyl groups excluding tert-OH is 1. The van der Waals surface area contributed by atoms with Crippen LogP contribution in [0, 0.1) is 0 Å². The Bertz CT molecular complexity index is 1510. The number of nitrogens with zero attached hydrogens (tertiary/aromatic N) is 2. The third-order valence-electron chi connectivity index (χ3n) is 5.84. The number of rotatable bonds is 6. The average molecular weight is 565 g/mol. The Morgan fingerprint density at radius 2 is 1.83 bits per heavy atom. The molecular formula is C27H21BrN2O5S. The summed E-state index contributed by atoms with van der Waals surface area (Å²) in [5.41, 5.74) is 1.74. The van der Waals surface area contributed by atoms with Gasteiger partial charge in [0.15, 0.2) is 5.13 Å². The van der Waals surface area contributed by atoms with Gasteiger partial charge in [-0.3, -0.25) is 14.5 Å². The predicted octanol–water partition coefficient (Wildman–Crippen LogP) is 6.09. The largest absolute Gasteiger partial charge is 0.507 e. The van der Waals surface area contributed by atoms with Crippen LogP contribution in [0.5, 0.6) is 11.5 Å². The van der Waals surface area contributed by atoms with E-state index in [9.17, 15) is 14.7 Å². The molecule has 2 heterocycles. The fourth-order valence-electron chi connectivity index (χ4n) is 4.18. The van der Waals surface area contributed by atoms with Crippen LogP contribution in [0.15, 0.2) is 76.8 Å². The van der Waals surface area contributed by atoms with E-state index in [0.29, 0.717) is 39.9 Å². The summed E-state index contributed by atoms with van der Waals surface area (Å²) in [6, 6.07) is 18.6. The third-order valence-corrected chi connectivity index (χ3v) is 7.35. The number of anilines is 1. The van der Waals surface area contributed by atoms with Gasteiger partial charge in [0.2, 0.25) is 0 Å². The number of ether oxygens (including phenoxy) is 2. The number of aliphatic hydroxyl groups is 1. The molecule has 1 atom stereocenters. The maximum atomic E-state index is 13.4. The van der Waals surface area contributed by atoms with Gasteiger partial charge < -0.3 is 14.6 Å². The molecule has 1 fully saturated rings. The number of carbonyl (C=O) groups excluding carboxylic acids is 2. The van der Waals surface area contributed by atoms with E-state index < -0.39 is 17.7 Å². The van der Waals surface area contributed by atoms with Crippen LogP contribution in [0.1, 0.15) is 24.1 Å². The van der Waals surface area contributed by atoms with Crippen LogP contribution in [0.3, 0.4) is 0 Å². The summed E-state index contributed by atoms with van der Waals surface area (Å²) >= 11 is 4.76. The van der Waals surface area contributed by atoms with Crippen LogP contribution in [0.4, 0.5) is 5.13 Å². The van der Waals surface area contributed by atoms with Gasteiger partial charge in [-0.1, -0.05) is 39.4 Å². The number of hydrogen-bond donors (Lipinski definition) is 1. The summed E-state index contributed by atoms with van der Waals surface area (Å²) in [4.78, 5) is 32.8. The SMILES string of the molecule is CCOc1ccc2nc(N3C(=O)C(=O)/C(=C(/O)c4ccc(OC)cc4)[C@H]3c3cccc(Br)c3)sc2c1. The maximum Gasteiger partial charge on any atom is 0.301 e. The Morgan fingerprint density at radius 1 is 1.08 bits per heavy atom. The summed E-state index contributed by atoms with van der Waals surface area (Å²) in [5, 5.41) is 11.6. The molecule has 182 valence electrons. The topological polar surface area (TPSA) is 89.0 Å². The summed E-state index contributed by atoms with van der Waals surface area (Å²) < 4.78 is 12.4. The molecule has 0 spiro atoms. The molecule has 3 aromatic carbocycles. The van der Waals surface area contributed by atoms with Gasteiger partial charge in [0.05, 0.1) is 35.5 Å². The molecule has 4 aromatic rings. The van der Waals surface area contributed by atoms with Crippen LogP contribution in [-0.4, -0.2) is 35.5 Å². The first-order chi connectivity index (χ1) is 17.4. The number of thiazole rings is 1. The van der Waals surface area contributed by atoms with Crippen LogP contribution in [0.2, 0.25) is 0 Å². The maximum absolute atomic E-state index is 13.4. The number of ketones is 1. The van der Waals surface area contributed by atoms with Gasteiger partial charge in [-0.15, -0.1) is 0 Å². The highest BCUT2D eigenvalue weighted by Gasteiger charge is 2.48. The van der Waals surface area contributed by atoms with E-state index in [-0.39, 0.29) is 11.3 Å². The van der Waals surface area contributed by atoms with E-state index in [2.05, 4.69) is 20.9 Å². The van der Waals surface area contributed by atoms with Crippen LogP contribution < -0.4 is 14.4 Å². The Hall–Kier alpha value is -3.69. The fourth-order valence-corrected chi connectivity index (χ4v) is 5.62. The Labute approximate surface area is 219 Å². The normalized spacial score (nSPS) is 17.1. The Kier molecular flexibility index (Phi) is 6.51. The van der Waals surface area contributed by atoms with Crippen LogP contribution >= 0.6 is 27.3 Å². The van der Waals surface area contributed by atoms with Crippen molar-refractivity contribution in [3.8, 4) is 11.5 Å². The number of fused-ring (bicyclic) bond motifs is 1. The molecule has 36 heavy (non-hydrogen) atoms. The summed E-state index contributed by atoms with van der Waals surface area (Å²) in [6.45, 7) is 2.43. The molecule has 0 bridgehead atoms. The third kappa shape index (κ3) is 4.25. The van der Waals surface area contributed by atoms with Crippen molar-refractivity contribution in [1.82, 2.24) is 4.98 Å². The molecule has 9 heteroatoms. The number of benzene rings is 3. The number of aromatic nitrogens is 1. The first-order valence-corrected chi connectivity index (χ1v) is 12.8. The van der Waals surface area contributed by atoms with E-state index >= 15 is 0 Å². The summed E-state index contributed by atoms with van der Waals surface area (Å²) in [6.07, 6.45) is 0. The lowest BCUT2D eigenvalue weighted by molar-refractivity contribution is -0.132. The van der Waals surface area contributed by atoms with E-state index in [4.69, 9.17) is 9.47 Å². The van der Waals surface area contributed by atoms with E-state index in [1.165, 1.54) is 16.2 Å². The van der Waals surface area contributed by atoms with Gasteiger partial charge in [-0.05, 0) is 67.1 Å². The lowest BCUT2D eigenvalue weighted by Crippen LogP contribution is -2.29. The van der Waals surface area contributed by atoms with Gasteiger partial charge in [0.1, 0.15) is 17.3 Å². The van der Waals surface area contributed by atoms with Crippen molar-refractivity contribution in [2.45, 2.75) is 13.0 Å². The van der Waals surface area contributed by atoms with Gasteiger partial charge in [0, 0.05) is 10.0 Å². The van der Waals surface area contributed by atoms with Crippen molar-refractivity contribution in [2.24, 2.45) is 0 Å². The zero-order valence-corrected chi connectivity index (χ0v) is 21.8. The molecule has 7 nitrogen and oxygen atoms in total. The molecule has 1 saturated heterocycles. The molecule has 1 aliphatic heterocycles. The second kappa shape index (κ2) is 9.75. The molecule has 0 saturated carbocycles. The quantitative estimate of drug-likeness (QED) is 0.173. The van der Waals surface area contributed by atoms with E-state index in [1.807, 2.05) is 49.4 Å². The minimum Gasteiger partial charge on any atom is -0.507 e. The lowest BCUT2D eigenvalue weighted by Gasteiger charge is -2.23. The molecule has 0 radical (unpaired) electrons. The zero-order valence-electron chi connectivity index (χ0n) is 19.4. The van der Waals surface area contributed by atoms with Gasteiger partial charge in [0.25, 0.3) is 5.78 Å². The number of carbonyl (C=O) groups is 2. The Balaban J connectivity index is 1.68. The number of amides is 1. The van der Waals surface area contributed by atoms with Crippen molar-refractivity contribution in [3.05, 3.63) is 87.9 Å². The minimum absolute atomic E-state index is 0.00229. The van der Waals surface area contributed by atoms with Crippen molar-refractivity contribution >= 4 is 60.1 Å². The molecule has 1 aliphatic rings. The number of Topliss-reactive ketones (excluding diaryl/α,β-unsaturated/α-hetero) is 1. The first kappa shape index (κ1) is 24.0. The second-order valence-corrected chi connectivity index (χ2v) is 9.94. The molecule has 1 N–H and O–H groups in total. The molecule has 1 amide bonds. The Morgan fingerprint density at radius 3 is 2.53 bits per heavy atom. The van der Waals surface area contributed by atoms with Crippen molar-refractivity contribution < 1.29 is 24.2 Å². The van der Waals surface area contributed by atoms with E-state index in [0.717, 1.165) is 9.17 Å². The van der Waals surface area contributed by atoms with Gasteiger partial charge in [-0.25, -0.2) is 4.98 Å². The summed E-state index contributed by atoms with van der Waals surface area (Å²) in [5.74, 6) is -0.480. The smallest absolute Gasteiger partial charge is 0.301 e. The van der Waals surface area contributed by atoms with Gasteiger partial charge in [-0.2, -0.15) is 0 Å². The highest BCUT2D eigenvalue weighted by molar-refractivity contribution is 9.10. The minimum atomic E-state index is -0.864. The fraction of sp³-hybridized carbons (Fsp3) is 0.148. The molecule has 0 aliphatic carbocycles.